The van der Waals surface area contributed by atoms with Gasteiger partial charge in [-0.1, -0.05) is 0 Å². The summed E-state index contributed by atoms with van der Waals surface area (Å²) < 4.78 is 53.6. The fourth-order valence-corrected chi connectivity index (χ4v) is 2.49. The topological polar surface area (TPSA) is 64.0 Å². The van der Waals surface area contributed by atoms with E-state index in [1.807, 2.05) is 13.8 Å². The van der Waals surface area contributed by atoms with Gasteiger partial charge in [0.05, 0.1) is 12.0 Å². The number of halogens is 2. The molecule has 0 atom stereocenters. The molecule has 0 aliphatic heterocycles. The summed E-state index contributed by atoms with van der Waals surface area (Å²) in [5, 5.41) is -0.184. The van der Waals surface area contributed by atoms with E-state index in [0.717, 1.165) is 18.2 Å². The summed E-state index contributed by atoms with van der Waals surface area (Å²) in [6.07, 6.45) is 2.76. The number of anilines is 1. The Hall–Kier alpha value is -1.96. The van der Waals surface area contributed by atoms with Crippen LogP contribution in [0.4, 0.5) is 14.5 Å². The summed E-state index contributed by atoms with van der Waals surface area (Å²) in [5.74, 6) is -2.17. The number of sulfonamides is 1. The van der Waals surface area contributed by atoms with Gasteiger partial charge in [0.1, 0.15) is 0 Å². The molecule has 2 aromatic rings. The number of hydrogen-bond donors (Lipinski definition) is 1. The SMILES string of the molecule is CC(C)n1cnc(S(=O)(=O)Nc2ccc(F)c(F)c2)c1. The molecule has 0 bridgehead atoms. The number of nitrogens with one attached hydrogen (secondary N) is 1. The van der Waals surface area contributed by atoms with Crippen LogP contribution in [0.25, 0.3) is 0 Å². The van der Waals surface area contributed by atoms with E-state index in [9.17, 15) is 17.2 Å². The van der Waals surface area contributed by atoms with Crippen molar-refractivity contribution in [2.45, 2.75) is 24.9 Å². The lowest BCUT2D eigenvalue weighted by Gasteiger charge is -2.06. The molecule has 0 radical (unpaired) electrons. The van der Waals surface area contributed by atoms with Crippen molar-refractivity contribution in [2.24, 2.45) is 0 Å². The Morgan fingerprint density at radius 2 is 1.95 bits per heavy atom. The summed E-state index contributed by atoms with van der Waals surface area (Å²) in [6.45, 7) is 3.75. The first-order valence-electron chi connectivity index (χ1n) is 5.81. The van der Waals surface area contributed by atoms with Gasteiger partial charge in [-0.25, -0.2) is 13.8 Å². The molecular weight excluding hydrogens is 288 g/mol. The minimum atomic E-state index is -3.93. The van der Waals surface area contributed by atoms with Crippen LogP contribution < -0.4 is 4.72 Å². The van der Waals surface area contributed by atoms with Crippen molar-refractivity contribution in [2.75, 3.05) is 4.72 Å². The molecule has 0 spiro atoms. The minimum absolute atomic E-state index is 0.0646. The van der Waals surface area contributed by atoms with Gasteiger partial charge in [0.2, 0.25) is 0 Å². The summed E-state index contributed by atoms with van der Waals surface area (Å²) in [6, 6.07) is 2.82. The summed E-state index contributed by atoms with van der Waals surface area (Å²) in [7, 11) is -3.93. The zero-order chi connectivity index (χ0) is 14.9. The van der Waals surface area contributed by atoms with Crippen molar-refractivity contribution in [1.29, 1.82) is 0 Å². The van der Waals surface area contributed by atoms with Crippen LogP contribution in [0.3, 0.4) is 0 Å². The molecular formula is C12H13F2N3O2S. The second-order valence-corrected chi connectivity index (χ2v) is 6.12. The Morgan fingerprint density at radius 3 is 2.50 bits per heavy atom. The van der Waals surface area contributed by atoms with Crippen LogP contribution in [0, 0.1) is 11.6 Å². The number of rotatable bonds is 4. The van der Waals surface area contributed by atoms with Crippen LogP contribution >= 0.6 is 0 Å². The lowest BCUT2D eigenvalue weighted by Crippen LogP contribution is -2.13. The second kappa shape index (κ2) is 5.20. The van der Waals surface area contributed by atoms with Crippen LogP contribution in [0.1, 0.15) is 19.9 Å². The Morgan fingerprint density at radius 1 is 1.25 bits per heavy atom. The van der Waals surface area contributed by atoms with E-state index in [1.54, 1.807) is 4.57 Å². The third-order valence-electron chi connectivity index (χ3n) is 2.62. The zero-order valence-electron chi connectivity index (χ0n) is 10.8. The van der Waals surface area contributed by atoms with Gasteiger partial charge in [-0.15, -0.1) is 0 Å². The van der Waals surface area contributed by atoms with Crippen LogP contribution in [0.2, 0.25) is 0 Å². The van der Waals surface area contributed by atoms with Crippen LogP contribution in [-0.4, -0.2) is 18.0 Å². The van der Waals surface area contributed by atoms with Crippen molar-refractivity contribution in [3.63, 3.8) is 0 Å². The smallest absolute Gasteiger partial charge is 0.280 e. The first-order valence-corrected chi connectivity index (χ1v) is 7.29. The van der Waals surface area contributed by atoms with E-state index < -0.39 is 21.7 Å². The molecule has 1 heterocycles. The molecule has 0 saturated heterocycles. The molecule has 1 aromatic carbocycles. The van der Waals surface area contributed by atoms with Gasteiger partial charge in [0.15, 0.2) is 16.7 Å². The van der Waals surface area contributed by atoms with Crippen LogP contribution in [0.15, 0.2) is 35.7 Å². The van der Waals surface area contributed by atoms with Gasteiger partial charge in [-0.05, 0) is 26.0 Å². The number of imidazole rings is 1. The molecule has 5 nitrogen and oxygen atoms in total. The molecule has 0 aliphatic carbocycles. The largest absolute Gasteiger partial charge is 0.334 e. The minimum Gasteiger partial charge on any atom is -0.334 e. The van der Waals surface area contributed by atoms with Crippen molar-refractivity contribution in [1.82, 2.24) is 9.55 Å². The standard InChI is InChI=1S/C12H13F2N3O2S/c1-8(2)17-6-12(15-7-17)20(18,19)16-9-3-4-10(13)11(14)5-9/h3-8,16H,1-2H3. The Balaban J connectivity index is 2.28. The fourth-order valence-electron chi connectivity index (χ4n) is 1.51. The van der Waals surface area contributed by atoms with Crippen molar-refractivity contribution >= 4 is 15.7 Å². The molecule has 0 saturated carbocycles. The quantitative estimate of drug-likeness (QED) is 0.944. The zero-order valence-corrected chi connectivity index (χ0v) is 11.7. The van der Waals surface area contributed by atoms with E-state index in [1.165, 1.54) is 12.5 Å². The second-order valence-electron chi connectivity index (χ2n) is 4.49. The third-order valence-corrected chi connectivity index (χ3v) is 3.89. The van der Waals surface area contributed by atoms with E-state index in [0.29, 0.717) is 0 Å². The first-order chi connectivity index (χ1) is 9.29. The fraction of sp³-hybridized carbons (Fsp3) is 0.250. The third kappa shape index (κ3) is 2.96. The number of nitrogens with zero attached hydrogens (tertiary/aromatic N) is 2. The predicted molar refractivity (Wildman–Crippen MR) is 69.8 cm³/mol. The first kappa shape index (κ1) is 14.4. The van der Waals surface area contributed by atoms with Crippen molar-refractivity contribution in [3.05, 3.63) is 42.4 Å². The van der Waals surface area contributed by atoms with E-state index in [-0.39, 0.29) is 16.8 Å². The average Bonchev–Trinajstić information content (AvgIpc) is 2.84. The van der Waals surface area contributed by atoms with E-state index >= 15 is 0 Å². The molecule has 2 rings (SSSR count). The maximum absolute atomic E-state index is 13.0. The van der Waals surface area contributed by atoms with Crippen LogP contribution in [0.5, 0.6) is 0 Å². The highest BCUT2D eigenvalue weighted by Gasteiger charge is 2.18. The highest BCUT2D eigenvalue weighted by Crippen LogP contribution is 2.18. The molecule has 8 heteroatoms. The summed E-state index contributed by atoms with van der Waals surface area (Å²) >= 11 is 0. The van der Waals surface area contributed by atoms with Crippen molar-refractivity contribution in [3.8, 4) is 0 Å². The van der Waals surface area contributed by atoms with Gasteiger partial charge in [0, 0.05) is 18.3 Å². The average molecular weight is 301 g/mol. The lowest BCUT2D eigenvalue weighted by molar-refractivity contribution is 0.509. The van der Waals surface area contributed by atoms with Gasteiger partial charge in [0.25, 0.3) is 10.0 Å². The Labute approximate surface area is 115 Å². The van der Waals surface area contributed by atoms with Crippen LogP contribution in [-0.2, 0) is 10.0 Å². The predicted octanol–water partition coefficient (Wildman–Crippen LogP) is 2.54. The molecule has 0 fully saturated rings. The van der Waals surface area contributed by atoms with Gasteiger partial charge in [-0.3, -0.25) is 4.72 Å². The Kier molecular flexibility index (Phi) is 3.76. The molecule has 0 aliphatic rings. The molecule has 0 unspecified atom stereocenters. The maximum Gasteiger partial charge on any atom is 0.280 e. The molecule has 1 aromatic heterocycles. The maximum atomic E-state index is 13.0. The summed E-state index contributed by atoms with van der Waals surface area (Å²) in [5.41, 5.74) is -0.0667. The number of hydrogen-bond acceptors (Lipinski definition) is 3. The normalized spacial score (nSPS) is 11.8. The number of aromatic nitrogens is 2. The van der Waals surface area contributed by atoms with E-state index in [4.69, 9.17) is 0 Å². The molecule has 0 amide bonds. The monoisotopic (exact) mass is 301 g/mol. The van der Waals surface area contributed by atoms with E-state index in [2.05, 4.69) is 9.71 Å². The molecule has 108 valence electrons. The Bertz CT molecular complexity index is 726. The highest BCUT2D eigenvalue weighted by molar-refractivity contribution is 7.92. The highest BCUT2D eigenvalue weighted by atomic mass is 32.2. The van der Waals surface area contributed by atoms with Crippen molar-refractivity contribution < 1.29 is 17.2 Å². The lowest BCUT2D eigenvalue weighted by atomic mass is 10.3. The summed E-state index contributed by atoms with van der Waals surface area (Å²) in [4.78, 5) is 3.79. The van der Waals surface area contributed by atoms with Gasteiger partial charge >= 0.3 is 0 Å². The molecule has 20 heavy (non-hydrogen) atoms. The molecule has 1 N–H and O–H groups in total. The van der Waals surface area contributed by atoms with Gasteiger partial charge in [-0.2, -0.15) is 8.42 Å². The van der Waals surface area contributed by atoms with Gasteiger partial charge < -0.3 is 4.57 Å². The number of benzene rings is 1.